The van der Waals surface area contributed by atoms with Gasteiger partial charge in [0.25, 0.3) is 10.2 Å². The van der Waals surface area contributed by atoms with Crippen molar-refractivity contribution in [3.8, 4) is 0 Å². The number of ether oxygens (including phenoxy) is 1. The van der Waals surface area contributed by atoms with Crippen LogP contribution in [0.4, 0.5) is 0 Å². The number of carbonyl (C=O) groups excluding carboxylic acids is 1. The first-order valence-corrected chi connectivity index (χ1v) is 7.26. The second-order valence-corrected chi connectivity index (χ2v) is 6.73. The maximum Gasteiger partial charge on any atom is 0.281 e. The fraction of sp³-hybridized carbons (Fsp3) is 0.900. The van der Waals surface area contributed by atoms with E-state index in [1.807, 2.05) is 0 Å². The van der Waals surface area contributed by atoms with E-state index in [1.165, 1.54) is 21.1 Å². The van der Waals surface area contributed by atoms with Crippen LogP contribution in [0.1, 0.15) is 12.8 Å². The van der Waals surface area contributed by atoms with Crippen LogP contribution in [0.25, 0.3) is 0 Å². The van der Waals surface area contributed by atoms with Gasteiger partial charge in [-0.15, -0.1) is 0 Å². The van der Waals surface area contributed by atoms with Gasteiger partial charge in [0.05, 0.1) is 12.6 Å². The highest BCUT2D eigenvalue weighted by Gasteiger charge is 2.23. The Morgan fingerprint density at radius 3 is 2.56 bits per heavy atom. The van der Waals surface area contributed by atoms with Crippen molar-refractivity contribution < 1.29 is 17.9 Å². The molecule has 1 amide bonds. The molecular weight excluding hydrogens is 258 g/mol. The number of rotatable bonds is 6. The lowest BCUT2D eigenvalue weighted by Crippen LogP contribution is -2.44. The van der Waals surface area contributed by atoms with Gasteiger partial charge in [-0.05, 0) is 12.8 Å². The Bertz CT molecular complexity index is 377. The van der Waals surface area contributed by atoms with Gasteiger partial charge < -0.3 is 10.1 Å². The highest BCUT2D eigenvalue weighted by atomic mass is 32.2. The van der Waals surface area contributed by atoms with Crippen LogP contribution >= 0.6 is 0 Å². The lowest BCUT2D eigenvalue weighted by atomic mass is 10.2. The molecule has 0 radical (unpaired) electrons. The van der Waals surface area contributed by atoms with Gasteiger partial charge in [-0.2, -0.15) is 17.0 Å². The van der Waals surface area contributed by atoms with Crippen molar-refractivity contribution in [3.63, 3.8) is 0 Å². The monoisotopic (exact) mass is 279 g/mol. The molecule has 0 aromatic heterocycles. The maximum absolute atomic E-state index is 11.7. The summed E-state index contributed by atoms with van der Waals surface area (Å²) in [6.45, 7) is 0.983. The zero-order valence-corrected chi connectivity index (χ0v) is 11.9. The molecule has 1 heterocycles. The first-order chi connectivity index (χ1) is 8.34. The van der Waals surface area contributed by atoms with Gasteiger partial charge in [0.15, 0.2) is 0 Å². The molecule has 1 aliphatic heterocycles. The molecule has 8 heteroatoms. The Morgan fingerprint density at radius 2 is 2.06 bits per heavy atom. The van der Waals surface area contributed by atoms with E-state index >= 15 is 0 Å². The summed E-state index contributed by atoms with van der Waals surface area (Å²) in [6, 6.07) is 0. The molecule has 0 saturated carbocycles. The van der Waals surface area contributed by atoms with Gasteiger partial charge in [0.1, 0.15) is 0 Å². The molecule has 1 fully saturated rings. The number of nitrogens with zero attached hydrogens (tertiary/aromatic N) is 2. The molecule has 1 N–H and O–H groups in total. The highest BCUT2D eigenvalue weighted by molar-refractivity contribution is 7.86. The van der Waals surface area contributed by atoms with E-state index in [1.54, 1.807) is 0 Å². The lowest BCUT2D eigenvalue weighted by Gasteiger charge is -2.21. The first kappa shape index (κ1) is 15.4. The SMILES string of the molecule is CN(C)S(=O)(=O)N(C)CC(=O)NCC1CCCO1. The Labute approximate surface area is 108 Å². The van der Waals surface area contributed by atoms with E-state index in [0.717, 1.165) is 28.1 Å². The molecule has 1 atom stereocenters. The van der Waals surface area contributed by atoms with Gasteiger partial charge in [-0.3, -0.25) is 4.79 Å². The van der Waals surface area contributed by atoms with Gasteiger partial charge in [-0.25, -0.2) is 0 Å². The van der Waals surface area contributed by atoms with Crippen LogP contribution in [-0.4, -0.2) is 69.9 Å². The third kappa shape index (κ3) is 4.20. The summed E-state index contributed by atoms with van der Waals surface area (Å²) in [4.78, 5) is 11.6. The average molecular weight is 279 g/mol. The molecule has 1 saturated heterocycles. The summed E-state index contributed by atoms with van der Waals surface area (Å²) in [5.41, 5.74) is 0. The van der Waals surface area contributed by atoms with E-state index in [2.05, 4.69) is 5.32 Å². The molecule has 0 aromatic rings. The van der Waals surface area contributed by atoms with Gasteiger partial charge in [0, 0.05) is 34.3 Å². The molecule has 1 unspecified atom stereocenters. The van der Waals surface area contributed by atoms with Crippen LogP contribution in [0.5, 0.6) is 0 Å². The summed E-state index contributed by atoms with van der Waals surface area (Å²) >= 11 is 0. The second kappa shape index (κ2) is 6.46. The predicted molar refractivity (Wildman–Crippen MR) is 67.2 cm³/mol. The molecular formula is C10H21N3O4S. The molecule has 18 heavy (non-hydrogen) atoms. The van der Waals surface area contributed by atoms with Gasteiger partial charge >= 0.3 is 0 Å². The molecule has 0 spiro atoms. The van der Waals surface area contributed by atoms with E-state index in [-0.39, 0.29) is 18.6 Å². The largest absolute Gasteiger partial charge is 0.376 e. The Morgan fingerprint density at radius 1 is 1.39 bits per heavy atom. The Hall–Kier alpha value is -0.700. The van der Waals surface area contributed by atoms with Crippen molar-refractivity contribution >= 4 is 16.1 Å². The van der Waals surface area contributed by atoms with Gasteiger partial charge in [0.2, 0.25) is 5.91 Å². The van der Waals surface area contributed by atoms with E-state index in [9.17, 15) is 13.2 Å². The number of nitrogens with one attached hydrogen (secondary N) is 1. The van der Waals surface area contributed by atoms with E-state index in [4.69, 9.17) is 4.74 Å². The topological polar surface area (TPSA) is 79.0 Å². The average Bonchev–Trinajstić information content (AvgIpc) is 2.78. The van der Waals surface area contributed by atoms with Crippen LogP contribution in [-0.2, 0) is 19.7 Å². The van der Waals surface area contributed by atoms with Crippen molar-refractivity contribution in [1.82, 2.24) is 13.9 Å². The number of likely N-dealkylation sites (N-methyl/N-ethyl adjacent to an activating group) is 1. The molecule has 1 aliphatic rings. The van der Waals surface area contributed by atoms with Crippen molar-refractivity contribution in [3.05, 3.63) is 0 Å². The molecule has 7 nitrogen and oxygen atoms in total. The molecule has 0 aromatic carbocycles. The maximum atomic E-state index is 11.7. The number of hydrogen-bond acceptors (Lipinski definition) is 4. The lowest BCUT2D eigenvalue weighted by molar-refractivity contribution is -0.121. The van der Waals surface area contributed by atoms with Crippen LogP contribution < -0.4 is 5.32 Å². The summed E-state index contributed by atoms with van der Waals surface area (Å²) in [5, 5.41) is 2.68. The second-order valence-electron chi connectivity index (χ2n) is 4.49. The van der Waals surface area contributed by atoms with E-state index in [0.29, 0.717) is 6.54 Å². The summed E-state index contributed by atoms with van der Waals surface area (Å²) in [7, 11) is 0.695. The number of carbonyl (C=O) groups is 1. The minimum absolute atomic E-state index is 0.0599. The fourth-order valence-electron chi connectivity index (χ4n) is 1.65. The van der Waals surface area contributed by atoms with Crippen molar-refractivity contribution in [2.45, 2.75) is 18.9 Å². The zero-order chi connectivity index (χ0) is 13.8. The minimum Gasteiger partial charge on any atom is -0.376 e. The van der Waals surface area contributed by atoms with E-state index < -0.39 is 10.2 Å². The molecule has 0 aliphatic carbocycles. The Balaban J connectivity index is 2.35. The number of hydrogen-bond donors (Lipinski definition) is 1. The minimum atomic E-state index is -3.53. The molecule has 106 valence electrons. The standard InChI is InChI=1S/C10H21N3O4S/c1-12(2)18(15,16)13(3)8-10(14)11-7-9-5-4-6-17-9/h9H,4-8H2,1-3H3,(H,11,14). The highest BCUT2D eigenvalue weighted by Crippen LogP contribution is 2.10. The summed E-state index contributed by atoms with van der Waals surface area (Å²) in [6.07, 6.45) is 2.01. The first-order valence-electron chi connectivity index (χ1n) is 5.86. The van der Waals surface area contributed by atoms with Crippen molar-refractivity contribution in [2.24, 2.45) is 0 Å². The van der Waals surface area contributed by atoms with Crippen LogP contribution in [0.15, 0.2) is 0 Å². The third-order valence-corrected chi connectivity index (χ3v) is 4.61. The fourth-order valence-corrected chi connectivity index (χ4v) is 2.49. The predicted octanol–water partition coefficient (Wildman–Crippen LogP) is -0.980. The van der Waals surface area contributed by atoms with Crippen LogP contribution in [0, 0.1) is 0 Å². The van der Waals surface area contributed by atoms with Crippen molar-refractivity contribution in [1.29, 1.82) is 0 Å². The van der Waals surface area contributed by atoms with Crippen LogP contribution in [0.3, 0.4) is 0 Å². The quantitative estimate of drug-likeness (QED) is 0.678. The Kier molecular flexibility index (Phi) is 5.51. The van der Waals surface area contributed by atoms with Crippen molar-refractivity contribution in [2.75, 3.05) is 40.8 Å². The molecule has 1 rings (SSSR count). The van der Waals surface area contributed by atoms with Crippen LogP contribution in [0.2, 0.25) is 0 Å². The summed E-state index contributed by atoms with van der Waals surface area (Å²) in [5.74, 6) is -0.321. The summed E-state index contributed by atoms with van der Waals surface area (Å²) < 4.78 is 30.8. The molecule has 0 bridgehead atoms. The number of amides is 1. The normalized spacial score (nSPS) is 20.6. The zero-order valence-electron chi connectivity index (χ0n) is 11.0. The van der Waals surface area contributed by atoms with Gasteiger partial charge in [-0.1, -0.05) is 0 Å². The smallest absolute Gasteiger partial charge is 0.281 e. The third-order valence-electron chi connectivity index (χ3n) is 2.77.